The molecule has 4 aromatic rings. The third-order valence-electron chi connectivity index (χ3n) is 5.43. The van der Waals surface area contributed by atoms with Crippen molar-refractivity contribution in [3.05, 3.63) is 71.5 Å². The van der Waals surface area contributed by atoms with Gasteiger partial charge in [-0.25, -0.2) is 0 Å². The lowest BCUT2D eigenvalue weighted by Crippen LogP contribution is -2.26. The standard InChI is InChI=1S/C25H27N5O3/c1-17-4-7-19(8-5-17)20-9-11-23-27-28-24(30(23)29-20)12-13-25(31)26-15-14-18-6-10-21(32-2)22(16-18)33-3/h4-11,16H,12-15H2,1-3H3,(H,26,31). The van der Waals surface area contributed by atoms with E-state index in [0.29, 0.717) is 48.8 Å². The predicted octanol–water partition coefficient (Wildman–Crippen LogP) is 3.41. The molecule has 0 spiro atoms. The molecule has 170 valence electrons. The van der Waals surface area contributed by atoms with Gasteiger partial charge < -0.3 is 14.8 Å². The largest absolute Gasteiger partial charge is 0.493 e. The minimum absolute atomic E-state index is 0.0399. The van der Waals surface area contributed by atoms with Gasteiger partial charge in [0.05, 0.1) is 19.9 Å². The van der Waals surface area contributed by atoms with E-state index >= 15 is 0 Å². The fraction of sp³-hybridized carbons (Fsp3) is 0.280. The van der Waals surface area contributed by atoms with Gasteiger partial charge in [0.1, 0.15) is 0 Å². The lowest BCUT2D eigenvalue weighted by atomic mass is 10.1. The first kappa shape index (κ1) is 22.3. The number of benzene rings is 2. The Bertz CT molecular complexity index is 1250. The zero-order valence-corrected chi connectivity index (χ0v) is 19.0. The molecule has 8 heteroatoms. The number of ether oxygens (including phenoxy) is 2. The van der Waals surface area contributed by atoms with E-state index in [0.717, 1.165) is 16.8 Å². The number of nitrogens with one attached hydrogen (secondary N) is 1. The quantitative estimate of drug-likeness (QED) is 0.425. The Hall–Kier alpha value is -3.94. The van der Waals surface area contributed by atoms with Gasteiger partial charge in [-0.05, 0) is 43.2 Å². The van der Waals surface area contributed by atoms with Crippen LogP contribution in [0, 0.1) is 6.92 Å². The number of carbonyl (C=O) groups excluding carboxylic acids is 1. The summed E-state index contributed by atoms with van der Waals surface area (Å²) in [6.45, 7) is 2.59. The Morgan fingerprint density at radius 1 is 0.939 bits per heavy atom. The first-order valence-electron chi connectivity index (χ1n) is 10.8. The lowest BCUT2D eigenvalue weighted by molar-refractivity contribution is -0.121. The van der Waals surface area contributed by atoms with E-state index < -0.39 is 0 Å². The summed E-state index contributed by atoms with van der Waals surface area (Å²) in [5, 5.41) is 16.0. The van der Waals surface area contributed by atoms with Crippen LogP contribution in [-0.2, 0) is 17.6 Å². The molecule has 0 saturated heterocycles. The van der Waals surface area contributed by atoms with Crippen molar-refractivity contribution in [1.82, 2.24) is 25.1 Å². The summed E-state index contributed by atoms with van der Waals surface area (Å²) in [5.74, 6) is 1.98. The van der Waals surface area contributed by atoms with Crippen molar-refractivity contribution in [3.8, 4) is 22.8 Å². The highest BCUT2D eigenvalue weighted by Crippen LogP contribution is 2.27. The van der Waals surface area contributed by atoms with Crippen molar-refractivity contribution < 1.29 is 14.3 Å². The molecule has 8 nitrogen and oxygen atoms in total. The summed E-state index contributed by atoms with van der Waals surface area (Å²) in [6.07, 6.45) is 1.46. The zero-order chi connectivity index (χ0) is 23.2. The minimum atomic E-state index is -0.0399. The van der Waals surface area contributed by atoms with Gasteiger partial charge in [0.15, 0.2) is 23.0 Å². The fourth-order valence-corrected chi connectivity index (χ4v) is 3.56. The van der Waals surface area contributed by atoms with Gasteiger partial charge in [-0.1, -0.05) is 35.9 Å². The molecule has 0 aliphatic heterocycles. The molecule has 0 aliphatic rings. The molecule has 0 radical (unpaired) electrons. The molecule has 0 aliphatic carbocycles. The van der Waals surface area contributed by atoms with Gasteiger partial charge in [-0.15, -0.1) is 10.2 Å². The third kappa shape index (κ3) is 5.28. The normalized spacial score (nSPS) is 10.9. The molecular formula is C25H27N5O3. The van der Waals surface area contributed by atoms with E-state index in [1.807, 2.05) is 42.5 Å². The highest BCUT2D eigenvalue weighted by Gasteiger charge is 2.11. The maximum absolute atomic E-state index is 12.4. The van der Waals surface area contributed by atoms with E-state index in [1.165, 1.54) is 5.56 Å². The number of hydrogen-bond donors (Lipinski definition) is 1. The predicted molar refractivity (Wildman–Crippen MR) is 126 cm³/mol. The van der Waals surface area contributed by atoms with Gasteiger partial charge in [-0.3, -0.25) is 4.79 Å². The summed E-state index contributed by atoms with van der Waals surface area (Å²) in [7, 11) is 3.21. The topological polar surface area (TPSA) is 90.6 Å². The molecule has 0 fully saturated rings. The number of nitrogens with zero attached hydrogens (tertiary/aromatic N) is 4. The van der Waals surface area contributed by atoms with Gasteiger partial charge in [0.2, 0.25) is 5.91 Å². The molecule has 2 aromatic heterocycles. The first-order valence-corrected chi connectivity index (χ1v) is 10.8. The van der Waals surface area contributed by atoms with Crippen LogP contribution in [0.4, 0.5) is 0 Å². The average Bonchev–Trinajstić information content (AvgIpc) is 3.25. The smallest absolute Gasteiger partial charge is 0.220 e. The van der Waals surface area contributed by atoms with Crippen LogP contribution in [0.2, 0.25) is 0 Å². The molecule has 33 heavy (non-hydrogen) atoms. The second kappa shape index (κ2) is 10.1. The number of carbonyl (C=O) groups is 1. The molecule has 1 amide bonds. The maximum atomic E-state index is 12.4. The molecule has 2 heterocycles. The fourth-order valence-electron chi connectivity index (χ4n) is 3.56. The Balaban J connectivity index is 1.34. The second-order valence-electron chi connectivity index (χ2n) is 7.76. The summed E-state index contributed by atoms with van der Waals surface area (Å²) in [4.78, 5) is 12.4. The van der Waals surface area contributed by atoms with Crippen molar-refractivity contribution in [3.63, 3.8) is 0 Å². The van der Waals surface area contributed by atoms with Crippen LogP contribution in [0.5, 0.6) is 11.5 Å². The Kier molecular flexibility index (Phi) is 6.83. The number of aryl methyl sites for hydroxylation is 2. The second-order valence-corrected chi connectivity index (χ2v) is 7.76. The van der Waals surface area contributed by atoms with Gasteiger partial charge >= 0.3 is 0 Å². The first-order chi connectivity index (χ1) is 16.1. The Morgan fingerprint density at radius 3 is 2.48 bits per heavy atom. The van der Waals surface area contributed by atoms with E-state index in [-0.39, 0.29) is 5.91 Å². The zero-order valence-electron chi connectivity index (χ0n) is 19.0. The summed E-state index contributed by atoms with van der Waals surface area (Å²) < 4.78 is 12.3. The van der Waals surface area contributed by atoms with E-state index in [4.69, 9.17) is 9.47 Å². The molecule has 4 rings (SSSR count). The van der Waals surface area contributed by atoms with Gasteiger partial charge in [-0.2, -0.15) is 9.61 Å². The number of hydrogen-bond acceptors (Lipinski definition) is 6. The van der Waals surface area contributed by atoms with E-state index in [2.05, 4.69) is 39.7 Å². The van der Waals surface area contributed by atoms with Crippen LogP contribution in [0.1, 0.15) is 23.4 Å². The molecule has 0 saturated carbocycles. The van der Waals surface area contributed by atoms with Crippen LogP contribution in [-0.4, -0.2) is 46.5 Å². The number of aromatic nitrogens is 4. The summed E-state index contributed by atoms with van der Waals surface area (Å²) in [6, 6.07) is 17.8. The van der Waals surface area contributed by atoms with Crippen molar-refractivity contribution in [2.75, 3.05) is 20.8 Å². The molecular weight excluding hydrogens is 418 g/mol. The van der Waals surface area contributed by atoms with Crippen molar-refractivity contribution in [1.29, 1.82) is 0 Å². The highest BCUT2D eigenvalue weighted by atomic mass is 16.5. The summed E-state index contributed by atoms with van der Waals surface area (Å²) in [5.41, 5.74) is 4.78. The van der Waals surface area contributed by atoms with E-state index in [1.54, 1.807) is 18.7 Å². The minimum Gasteiger partial charge on any atom is -0.493 e. The number of rotatable bonds is 9. The molecule has 0 unspecified atom stereocenters. The van der Waals surface area contributed by atoms with Crippen LogP contribution >= 0.6 is 0 Å². The number of fused-ring (bicyclic) bond motifs is 1. The van der Waals surface area contributed by atoms with Gasteiger partial charge in [0.25, 0.3) is 0 Å². The monoisotopic (exact) mass is 445 g/mol. The molecule has 1 N–H and O–H groups in total. The van der Waals surface area contributed by atoms with Crippen LogP contribution < -0.4 is 14.8 Å². The Morgan fingerprint density at radius 2 is 1.73 bits per heavy atom. The van der Waals surface area contributed by atoms with Gasteiger partial charge in [0, 0.05) is 24.9 Å². The number of methoxy groups -OCH3 is 2. The molecule has 2 aromatic carbocycles. The van der Waals surface area contributed by atoms with Crippen molar-refractivity contribution in [2.24, 2.45) is 0 Å². The Labute approximate surface area is 192 Å². The third-order valence-corrected chi connectivity index (χ3v) is 5.43. The highest BCUT2D eigenvalue weighted by molar-refractivity contribution is 5.76. The van der Waals surface area contributed by atoms with Crippen LogP contribution in [0.15, 0.2) is 54.6 Å². The summed E-state index contributed by atoms with van der Waals surface area (Å²) >= 11 is 0. The SMILES string of the molecule is COc1ccc(CCNC(=O)CCc2nnc3ccc(-c4ccc(C)cc4)nn23)cc1OC. The van der Waals surface area contributed by atoms with Crippen LogP contribution in [0.25, 0.3) is 16.9 Å². The maximum Gasteiger partial charge on any atom is 0.220 e. The molecule has 0 bridgehead atoms. The lowest BCUT2D eigenvalue weighted by Gasteiger charge is -2.10. The average molecular weight is 446 g/mol. The number of amides is 1. The van der Waals surface area contributed by atoms with E-state index in [9.17, 15) is 4.79 Å². The van der Waals surface area contributed by atoms with Crippen molar-refractivity contribution in [2.45, 2.75) is 26.2 Å². The molecule has 0 atom stereocenters. The van der Waals surface area contributed by atoms with Crippen molar-refractivity contribution >= 4 is 11.6 Å². The van der Waals surface area contributed by atoms with Crippen LogP contribution in [0.3, 0.4) is 0 Å².